The number of nitrogens with two attached hydrogens (primary N) is 1. The lowest BCUT2D eigenvalue weighted by molar-refractivity contribution is -0.0893. The number of aliphatic hydroxyl groups excluding tert-OH is 1. The number of aliphatic hydroxyl groups is 1. The second-order valence-corrected chi connectivity index (χ2v) is 3.35. The molecule has 1 aromatic heterocycles. The molecule has 0 radical (unpaired) electrons. The predicted octanol–water partition coefficient (Wildman–Crippen LogP) is -2.05. The summed E-state index contributed by atoms with van der Waals surface area (Å²) >= 11 is 0. The van der Waals surface area contributed by atoms with Crippen molar-refractivity contribution in [1.82, 2.24) is 14.5 Å². The fourth-order valence-corrected chi connectivity index (χ4v) is 1.41. The second-order valence-electron chi connectivity index (χ2n) is 3.35. The number of aromatic nitrogens is 3. The Morgan fingerprint density at radius 3 is 3.12 bits per heavy atom. The van der Waals surface area contributed by atoms with E-state index in [4.69, 9.17) is 20.3 Å². The first kappa shape index (κ1) is 11.0. The number of hydrogen-bond acceptors (Lipinski definition) is 7. The van der Waals surface area contributed by atoms with Gasteiger partial charge in [0.2, 0.25) is 5.95 Å². The number of ether oxygens (including phenoxy) is 2. The first-order valence-electron chi connectivity index (χ1n) is 4.76. The summed E-state index contributed by atoms with van der Waals surface area (Å²) in [5, 5.41) is 8.78. The van der Waals surface area contributed by atoms with Crippen LogP contribution < -0.4 is 11.4 Å². The van der Waals surface area contributed by atoms with E-state index in [-0.39, 0.29) is 25.2 Å². The maximum Gasteiger partial charge on any atom is 0.352 e. The Bertz CT molecular complexity index is 421. The van der Waals surface area contributed by atoms with E-state index in [1.165, 1.54) is 10.9 Å². The number of nitrogen functional groups attached to an aromatic ring is 1. The topological polar surface area (TPSA) is 112 Å². The molecule has 0 unspecified atom stereocenters. The summed E-state index contributed by atoms with van der Waals surface area (Å²) in [5.74, 6) is -0.0573. The first-order valence-corrected chi connectivity index (χ1v) is 4.76. The Morgan fingerprint density at radius 1 is 1.69 bits per heavy atom. The highest BCUT2D eigenvalue weighted by atomic mass is 16.7. The van der Waals surface area contributed by atoms with Crippen LogP contribution in [0.2, 0.25) is 0 Å². The quantitative estimate of drug-likeness (QED) is 0.612. The summed E-state index contributed by atoms with van der Waals surface area (Å²) in [4.78, 5) is 18.6. The lowest BCUT2D eigenvalue weighted by atomic mass is 10.4. The molecule has 0 aromatic carbocycles. The molecular formula is C8H12N4O4. The highest BCUT2D eigenvalue weighted by molar-refractivity contribution is 5.09. The third-order valence-corrected chi connectivity index (χ3v) is 2.15. The van der Waals surface area contributed by atoms with Crippen molar-refractivity contribution >= 4 is 5.95 Å². The van der Waals surface area contributed by atoms with Crippen molar-refractivity contribution in [3.8, 4) is 0 Å². The molecule has 1 aromatic rings. The van der Waals surface area contributed by atoms with Crippen molar-refractivity contribution in [1.29, 1.82) is 0 Å². The van der Waals surface area contributed by atoms with Crippen LogP contribution in [0.15, 0.2) is 11.1 Å². The molecule has 0 spiro atoms. The second kappa shape index (κ2) is 4.56. The molecule has 3 N–H and O–H groups in total. The van der Waals surface area contributed by atoms with Gasteiger partial charge in [-0.3, -0.25) is 4.57 Å². The van der Waals surface area contributed by atoms with Crippen LogP contribution in [0.25, 0.3) is 0 Å². The normalized spacial score (nSPS) is 24.8. The van der Waals surface area contributed by atoms with Crippen molar-refractivity contribution in [3.63, 3.8) is 0 Å². The van der Waals surface area contributed by atoms with Crippen LogP contribution in [0, 0.1) is 0 Å². The van der Waals surface area contributed by atoms with Gasteiger partial charge < -0.3 is 20.3 Å². The number of hydrogen-bond donors (Lipinski definition) is 2. The van der Waals surface area contributed by atoms with E-state index in [9.17, 15) is 4.79 Å². The van der Waals surface area contributed by atoms with Gasteiger partial charge in [-0.1, -0.05) is 0 Å². The van der Waals surface area contributed by atoms with Crippen LogP contribution in [-0.4, -0.2) is 45.2 Å². The molecule has 1 aliphatic heterocycles. The van der Waals surface area contributed by atoms with E-state index in [0.717, 1.165) is 0 Å². The molecule has 0 bridgehead atoms. The molecule has 8 nitrogen and oxygen atoms in total. The summed E-state index contributed by atoms with van der Waals surface area (Å²) in [6, 6.07) is 0. The minimum atomic E-state index is -0.615. The van der Waals surface area contributed by atoms with E-state index in [1.54, 1.807) is 0 Å². The smallest absolute Gasteiger partial charge is 0.352 e. The minimum Gasteiger partial charge on any atom is -0.391 e. The summed E-state index contributed by atoms with van der Waals surface area (Å²) in [6.07, 6.45) is 0.401. The van der Waals surface area contributed by atoms with Gasteiger partial charge in [0.1, 0.15) is 12.4 Å². The van der Waals surface area contributed by atoms with Crippen LogP contribution in [0.1, 0.15) is 0 Å². The van der Waals surface area contributed by atoms with Gasteiger partial charge in [0.25, 0.3) is 0 Å². The van der Waals surface area contributed by atoms with E-state index in [1.807, 2.05) is 0 Å². The molecule has 0 saturated carbocycles. The van der Waals surface area contributed by atoms with E-state index in [2.05, 4.69) is 9.97 Å². The van der Waals surface area contributed by atoms with Gasteiger partial charge in [-0.25, -0.2) is 9.78 Å². The van der Waals surface area contributed by atoms with Crippen molar-refractivity contribution in [3.05, 3.63) is 16.8 Å². The van der Waals surface area contributed by atoms with Gasteiger partial charge >= 0.3 is 5.69 Å². The average molecular weight is 228 g/mol. The molecular weight excluding hydrogens is 216 g/mol. The van der Waals surface area contributed by atoms with Crippen LogP contribution in [-0.2, 0) is 16.0 Å². The van der Waals surface area contributed by atoms with Gasteiger partial charge in [0.15, 0.2) is 6.29 Å². The number of rotatable bonds is 3. The lowest BCUT2D eigenvalue weighted by Crippen LogP contribution is -2.30. The highest BCUT2D eigenvalue weighted by Crippen LogP contribution is 2.11. The third kappa shape index (κ3) is 2.35. The standard InChI is InChI=1S/C8H12N4O4/c9-7-10-4-12(8(14)11-7)1-5-3-15-6(2-13)16-5/h4-6,13H,1-3H2,(H2,9,11,14)/t5-,6-/m1/s1. The Labute approximate surface area is 90.6 Å². The zero-order valence-electron chi connectivity index (χ0n) is 8.44. The van der Waals surface area contributed by atoms with Gasteiger partial charge in [0.05, 0.1) is 19.8 Å². The maximum atomic E-state index is 11.4. The van der Waals surface area contributed by atoms with Crippen molar-refractivity contribution in [2.24, 2.45) is 0 Å². The predicted molar refractivity (Wildman–Crippen MR) is 52.4 cm³/mol. The molecule has 8 heteroatoms. The lowest BCUT2D eigenvalue weighted by Gasteiger charge is -2.10. The summed E-state index contributed by atoms with van der Waals surface area (Å²) < 4.78 is 11.7. The minimum absolute atomic E-state index is 0.0573. The molecule has 0 amide bonds. The maximum absolute atomic E-state index is 11.4. The summed E-state index contributed by atoms with van der Waals surface area (Å²) in [6.45, 7) is 0.390. The zero-order chi connectivity index (χ0) is 11.5. The van der Waals surface area contributed by atoms with Crippen molar-refractivity contribution in [2.75, 3.05) is 18.9 Å². The number of anilines is 1. The van der Waals surface area contributed by atoms with Crippen LogP contribution >= 0.6 is 0 Å². The Balaban J connectivity index is 2.02. The largest absolute Gasteiger partial charge is 0.391 e. The Kier molecular flexibility index (Phi) is 3.13. The van der Waals surface area contributed by atoms with Gasteiger partial charge in [0, 0.05) is 0 Å². The van der Waals surface area contributed by atoms with Crippen LogP contribution in [0.4, 0.5) is 5.95 Å². The molecule has 2 heterocycles. The molecule has 0 aliphatic carbocycles. The van der Waals surface area contributed by atoms with Gasteiger partial charge in [-0.05, 0) is 0 Å². The molecule has 1 fully saturated rings. The van der Waals surface area contributed by atoms with E-state index >= 15 is 0 Å². The highest BCUT2D eigenvalue weighted by Gasteiger charge is 2.25. The molecule has 1 saturated heterocycles. The SMILES string of the molecule is Nc1ncn(C[C@@H]2CO[C@@H](CO)O2)c(=O)n1. The molecule has 88 valence electrons. The summed E-state index contributed by atoms with van der Waals surface area (Å²) in [5.41, 5.74) is 4.77. The number of nitrogens with zero attached hydrogens (tertiary/aromatic N) is 3. The van der Waals surface area contributed by atoms with Crippen molar-refractivity contribution < 1.29 is 14.6 Å². The third-order valence-electron chi connectivity index (χ3n) is 2.15. The Morgan fingerprint density at radius 2 is 2.50 bits per heavy atom. The van der Waals surface area contributed by atoms with Crippen LogP contribution in [0.3, 0.4) is 0 Å². The summed E-state index contributed by atoms with van der Waals surface area (Å²) in [7, 11) is 0. The van der Waals surface area contributed by atoms with E-state index < -0.39 is 12.0 Å². The van der Waals surface area contributed by atoms with Gasteiger partial charge in [-0.15, -0.1) is 0 Å². The fraction of sp³-hybridized carbons (Fsp3) is 0.625. The average Bonchev–Trinajstić information content (AvgIpc) is 2.70. The van der Waals surface area contributed by atoms with E-state index in [0.29, 0.717) is 6.61 Å². The van der Waals surface area contributed by atoms with Crippen molar-refractivity contribution in [2.45, 2.75) is 18.9 Å². The molecule has 1 aliphatic rings. The first-order chi connectivity index (χ1) is 7.69. The molecule has 16 heavy (non-hydrogen) atoms. The fourth-order valence-electron chi connectivity index (χ4n) is 1.41. The van der Waals surface area contributed by atoms with Crippen LogP contribution in [0.5, 0.6) is 0 Å². The van der Waals surface area contributed by atoms with Gasteiger partial charge in [-0.2, -0.15) is 4.98 Å². The molecule has 2 atom stereocenters. The zero-order valence-corrected chi connectivity index (χ0v) is 8.44. The monoisotopic (exact) mass is 228 g/mol. The molecule has 2 rings (SSSR count). The Hall–Kier alpha value is -1.51.